The van der Waals surface area contributed by atoms with Crippen LogP contribution < -0.4 is 10.2 Å². The van der Waals surface area contributed by atoms with Crippen LogP contribution in [0, 0.1) is 5.41 Å². The SMILES string of the molecule is CC(C)NCc1ccc(N(C)CC(C)(C)C)nn1. The van der Waals surface area contributed by atoms with E-state index in [-0.39, 0.29) is 5.41 Å². The Bertz CT molecular complexity index is 351. The van der Waals surface area contributed by atoms with Crippen molar-refractivity contribution in [2.75, 3.05) is 18.5 Å². The standard InChI is InChI=1S/C14H26N4/c1-11(2)15-9-12-7-8-13(17-16-12)18(6)10-14(3,4)5/h7-8,11,15H,9-10H2,1-6H3. The molecule has 102 valence electrons. The molecule has 4 heteroatoms. The van der Waals surface area contributed by atoms with Gasteiger partial charge in [0.15, 0.2) is 5.82 Å². The van der Waals surface area contributed by atoms with Crippen molar-refractivity contribution >= 4 is 5.82 Å². The Morgan fingerprint density at radius 3 is 2.33 bits per heavy atom. The Kier molecular flexibility index (Phi) is 5.08. The maximum Gasteiger partial charge on any atom is 0.151 e. The molecule has 0 aliphatic carbocycles. The molecular weight excluding hydrogens is 224 g/mol. The monoisotopic (exact) mass is 250 g/mol. The second-order valence-electron chi connectivity index (χ2n) is 6.34. The Morgan fingerprint density at radius 2 is 1.89 bits per heavy atom. The second-order valence-corrected chi connectivity index (χ2v) is 6.34. The Balaban J connectivity index is 2.59. The molecule has 1 rings (SSSR count). The maximum absolute atomic E-state index is 4.28. The molecular formula is C14H26N4. The maximum atomic E-state index is 4.28. The fraction of sp³-hybridized carbons (Fsp3) is 0.714. The number of nitrogens with one attached hydrogen (secondary N) is 1. The molecule has 1 N–H and O–H groups in total. The molecule has 0 aliphatic heterocycles. The highest BCUT2D eigenvalue weighted by atomic mass is 15.2. The number of hydrogen-bond acceptors (Lipinski definition) is 4. The number of aromatic nitrogens is 2. The summed E-state index contributed by atoms with van der Waals surface area (Å²) in [6.07, 6.45) is 0. The molecule has 0 fully saturated rings. The summed E-state index contributed by atoms with van der Waals surface area (Å²) in [5, 5.41) is 11.9. The van der Waals surface area contributed by atoms with Crippen LogP contribution in [-0.4, -0.2) is 29.8 Å². The van der Waals surface area contributed by atoms with Gasteiger partial charge in [0.1, 0.15) is 0 Å². The van der Waals surface area contributed by atoms with Crippen LogP contribution in [0.25, 0.3) is 0 Å². The molecule has 0 aliphatic rings. The molecule has 0 spiro atoms. The van der Waals surface area contributed by atoms with E-state index in [0.29, 0.717) is 6.04 Å². The van der Waals surface area contributed by atoms with Gasteiger partial charge in [-0.1, -0.05) is 34.6 Å². The highest BCUT2D eigenvalue weighted by Gasteiger charge is 2.14. The van der Waals surface area contributed by atoms with Crippen molar-refractivity contribution in [3.63, 3.8) is 0 Å². The van der Waals surface area contributed by atoms with Crippen molar-refractivity contribution in [2.45, 2.75) is 47.2 Å². The van der Waals surface area contributed by atoms with Crippen molar-refractivity contribution in [3.8, 4) is 0 Å². The topological polar surface area (TPSA) is 41.0 Å². The number of anilines is 1. The van der Waals surface area contributed by atoms with Crippen LogP contribution in [0.2, 0.25) is 0 Å². The molecule has 0 unspecified atom stereocenters. The van der Waals surface area contributed by atoms with Crippen molar-refractivity contribution in [2.24, 2.45) is 5.41 Å². The van der Waals surface area contributed by atoms with Gasteiger partial charge in [-0.15, -0.1) is 5.10 Å². The zero-order chi connectivity index (χ0) is 13.8. The van der Waals surface area contributed by atoms with E-state index in [9.17, 15) is 0 Å². The van der Waals surface area contributed by atoms with Gasteiger partial charge in [0.05, 0.1) is 5.69 Å². The summed E-state index contributed by atoms with van der Waals surface area (Å²) < 4.78 is 0. The van der Waals surface area contributed by atoms with E-state index in [4.69, 9.17) is 0 Å². The van der Waals surface area contributed by atoms with E-state index in [2.05, 4.69) is 62.1 Å². The Hall–Kier alpha value is -1.16. The molecule has 0 radical (unpaired) electrons. The number of rotatable bonds is 5. The van der Waals surface area contributed by atoms with Gasteiger partial charge in [0.25, 0.3) is 0 Å². The molecule has 0 atom stereocenters. The van der Waals surface area contributed by atoms with E-state index in [1.165, 1.54) is 0 Å². The molecule has 0 aromatic carbocycles. The summed E-state index contributed by atoms with van der Waals surface area (Å²) in [5.74, 6) is 0.929. The summed E-state index contributed by atoms with van der Waals surface area (Å²) in [6.45, 7) is 12.6. The average molecular weight is 250 g/mol. The molecule has 0 amide bonds. The van der Waals surface area contributed by atoms with E-state index in [1.807, 2.05) is 12.1 Å². The summed E-state index contributed by atoms with van der Waals surface area (Å²) in [6, 6.07) is 4.54. The van der Waals surface area contributed by atoms with Gasteiger partial charge in [-0.3, -0.25) is 0 Å². The third-order valence-corrected chi connectivity index (χ3v) is 2.50. The lowest BCUT2D eigenvalue weighted by atomic mass is 9.96. The van der Waals surface area contributed by atoms with Crippen LogP contribution in [-0.2, 0) is 6.54 Å². The van der Waals surface area contributed by atoms with Crippen LogP contribution in [0.3, 0.4) is 0 Å². The van der Waals surface area contributed by atoms with Crippen LogP contribution in [0.5, 0.6) is 0 Å². The van der Waals surface area contributed by atoms with Crippen LogP contribution >= 0.6 is 0 Å². The summed E-state index contributed by atoms with van der Waals surface area (Å²) in [5.41, 5.74) is 1.24. The predicted molar refractivity (Wildman–Crippen MR) is 76.7 cm³/mol. The van der Waals surface area contributed by atoms with Crippen molar-refractivity contribution in [1.82, 2.24) is 15.5 Å². The second kappa shape index (κ2) is 6.14. The first kappa shape index (κ1) is 14.9. The lowest BCUT2D eigenvalue weighted by Gasteiger charge is -2.27. The largest absolute Gasteiger partial charge is 0.358 e. The van der Waals surface area contributed by atoms with Crippen LogP contribution in [0.4, 0.5) is 5.82 Å². The minimum Gasteiger partial charge on any atom is -0.358 e. The molecule has 0 bridgehead atoms. The lowest BCUT2D eigenvalue weighted by Crippen LogP contribution is -2.30. The minimum absolute atomic E-state index is 0.258. The third-order valence-electron chi connectivity index (χ3n) is 2.50. The highest BCUT2D eigenvalue weighted by molar-refractivity contribution is 5.36. The van der Waals surface area contributed by atoms with Gasteiger partial charge in [0, 0.05) is 26.2 Å². The summed E-state index contributed by atoms with van der Waals surface area (Å²) in [4.78, 5) is 2.15. The fourth-order valence-electron chi connectivity index (χ4n) is 1.75. The first-order valence-electron chi connectivity index (χ1n) is 6.55. The quantitative estimate of drug-likeness (QED) is 0.871. The van der Waals surface area contributed by atoms with Gasteiger partial charge in [0.2, 0.25) is 0 Å². The highest BCUT2D eigenvalue weighted by Crippen LogP contribution is 2.18. The average Bonchev–Trinajstić information content (AvgIpc) is 2.24. The van der Waals surface area contributed by atoms with Gasteiger partial charge in [-0.25, -0.2) is 0 Å². The lowest BCUT2D eigenvalue weighted by molar-refractivity contribution is 0.417. The molecule has 1 aromatic heterocycles. The molecule has 0 saturated heterocycles. The van der Waals surface area contributed by atoms with E-state index < -0.39 is 0 Å². The van der Waals surface area contributed by atoms with Gasteiger partial charge in [-0.2, -0.15) is 5.10 Å². The van der Waals surface area contributed by atoms with Crippen molar-refractivity contribution in [1.29, 1.82) is 0 Å². The molecule has 4 nitrogen and oxygen atoms in total. The third kappa shape index (κ3) is 5.45. The zero-order valence-electron chi connectivity index (χ0n) is 12.5. The van der Waals surface area contributed by atoms with Crippen LogP contribution in [0.15, 0.2) is 12.1 Å². The van der Waals surface area contributed by atoms with E-state index in [0.717, 1.165) is 24.6 Å². The first-order chi connectivity index (χ1) is 8.28. The number of nitrogens with zero attached hydrogens (tertiary/aromatic N) is 3. The smallest absolute Gasteiger partial charge is 0.151 e. The van der Waals surface area contributed by atoms with Gasteiger partial charge < -0.3 is 10.2 Å². The fourth-order valence-corrected chi connectivity index (χ4v) is 1.75. The zero-order valence-corrected chi connectivity index (χ0v) is 12.5. The van der Waals surface area contributed by atoms with E-state index >= 15 is 0 Å². The molecule has 1 aromatic rings. The molecule has 0 saturated carbocycles. The van der Waals surface area contributed by atoms with Crippen molar-refractivity contribution < 1.29 is 0 Å². The Labute approximate surface area is 111 Å². The molecule has 1 heterocycles. The minimum atomic E-state index is 0.258. The predicted octanol–water partition coefficient (Wildman–Crippen LogP) is 2.46. The number of hydrogen-bond donors (Lipinski definition) is 1. The summed E-state index contributed by atoms with van der Waals surface area (Å²) in [7, 11) is 2.06. The van der Waals surface area contributed by atoms with Gasteiger partial charge in [-0.05, 0) is 17.5 Å². The normalized spacial score (nSPS) is 11.9. The first-order valence-corrected chi connectivity index (χ1v) is 6.55. The van der Waals surface area contributed by atoms with E-state index in [1.54, 1.807) is 0 Å². The van der Waals surface area contributed by atoms with Crippen molar-refractivity contribution in [3.05, 3.63) is 17.8 Å². The van der Waals surface area contributed by atoms with Crippen LogP contribution in [0.1, 0.15) is 40.3 Å². The molecule has 18 heavy (non-hydrogen) atoms. The Morgan fingerprint density at radius 1 is 1.22 bits per heavy atom. The van der Waals surface area contributed by atoms with Gasteiger partial charge >= 0.3 is 0 Å². The summed E-state index contributed by atoms with van der Waals surface area (Å²) >= 11 is 0.